The molecule has 0 amide bonds. The lowest BCUT2D eigenvalue weighted by Gasteiger charge is -2.08. The number of pyridine rings is 2. The maximum atomic E-state index is 9.19. The molecular weight excluding hydrogens is 623 g/mol. The van der Waals surface area contributed by atoms with Crippen molar-refractivity contribution in [2.75, 3.05) is 12.5 Å². The van der Waals surface area contributed by atoms with E-state index in [2.05, 4.69) is 43.9 Å². The molecule has 4 aromatic rings. The highest BCUT2D eigenvalue weighted by Crippen LogP contribution is 2.16. The van der Waals surface area contributed by atoms with Crippen LogP contribution in [0.25, 0.3) is 0 Å². The Morgan fingerprint density at radius 3 is 1.10 bits per heavy atom. The van der Waals surface area contributed by atoms with Crippen molar-refractivity contribution in [3.8, 4) is 0 Å². The minimum atomic E-state index is -3.67. The van der Waals surface area contributed by atoms with Crippen molar-refractivity contribution in [3.05, 3.63) is 118 Å². The van der Waals surface area contributed by atoms with Gasteiger partial charge < -0.3 is 9.13 Å². The van der Waals surface area contributed by atoms with Crippen molar-refractivity contribution >= 4 is 54.8 Å². The van der Waals surface area contributed by atoms with Gasteiger partial charge in [0.1, 0.15) is 0 Å². The van der Waals surface area contributed by atoms with Gasteiger partial charge >= 0.3 is 0 Å². The molecule has 10 nitrogen and oxygen atoms in total. The molecule has 226 valence electrons. The van der Waals surface area contributed by atoms with Crippen LogP contribution in [-0.4, -0.2) is 47.6 Å². The van der Waals surface area contributed by atoms with Gasteiger partial charge in [-0.15, -0.1) is 0 Å². The Morgan fingerprint density at radius 1 is 0.571 bits per heavy atom. The molecule has 0 fully saturated rings. The number of hydrogen-bond donors (Lipinski definition) is 2. The number of benzene rings is 2. The van der Waals surface area contributed by atoms with Crippen molar-refractivity contribution < 1.29 is 25.9 Å². The average Bonchev–Trinajstić information content (AvgIpc) is 2.89. The maximum absolute atomic E-state index is 9.19. The quantitative estimate of drug-likeness (QED) is 0.198. The van der Waals surface area contributed by atoms with Crippen molar-refractivity contribution in [2.45, 2.75) is 25.9 Å². The zero-order valence-corrected chi connectivity index (χ0v) is 26.1. The average molecular weight is 656 g/mol. The molecule has 0 aliphatic rings. The van der Waals surface area contributed by atoms with Gasteiger partial charge in [-0.25, -0.2) is 9.98 Å². The zero-order chi connectivity index (χ0) is 31.2. The second kappa shape index (κ2) is 17.0. The maximum Gasteiger partial charge on any atom is 0.261 e. The van der Waals surface area contributed by atoms with E-state index in [1.54, 1.807) is 0 Å². The third-order valence-corrected chi connectivity index (χ3v) is 5.50. The van der Waals surface area contributed by atoms with Gasteiger partial charge in [-0.05, 0) is 85.6 Å². The first-order valence-electron chi connectivity index (χ1n) is 12.4. The summed E-state index contributed by atoms with van der Waals surface area (Å²) in [6.07, 6.45) is 11.9. The Morgan fingerprint density at radius 2 is 0.833 bits per heavy atom. The molecule has 2 N–H and O–H groups in total. The van der Waals surface area contributed by atoms with E-state index in [0.717, 1.165) is 58.1 Å². The van der Waals surface area contributed by atoms with Gasteiger partial charge in [-0.3, -0.25) is 9.11 Å². The summed E-state index contributed by atoms with van der Waals surface area (Å²) < 4.78 is 56.1. The molecule has 42 heavy (non-hydrogen) atoms. The van der Waals surface area contributed by atoms with Gasteiger partial charge in [0.2, 0.25) is 0 Å². The first-order valence-corrected chi connectivity index (χ1v) is 16.9. The van der Waals surface area contributed by atoms with E-state index in [-0.39, 0.29) is 0 Å². The molecular formula is C28H32Cl2N4O6S2. The summed E-state index contributed by atoms with van der Waals surface area (Å²) in [6, 6.07) is 23.2. The number of hydrogen-bond acceptors (Lipinski definition) is 6. The molecule has 0 saturated carbocycles. The molecule has 2 aromatic heterocycles. The van der Waals surface area contributed by atoms with E-state index in [1.807, 2.05) is 72.8 Å². The highest BCUT2D eigenvalue weighted by atomic mass is 35.5. The van der Waals surface area contributed by atoms with Crippen LogP contribution in [0.4, 0.5) is 11.4 Å². The van der Waals surface area contributed by atoms with Crippen LogP contribution in [-0.2, 0) is 33.3 Å². The Kier molecular flexibility index (Phi) is 14.1. The van der Waals surface area contributed by atoms with Gasteiger partial charge in [0.05, 0.1) is 34.6 Å². The van der Waals surface area contributed by atoms with E-state index in [1.165, 1.54) is 0 Å². The normalized spacial score (nSPS) is 10.9. The monoisotopic (exact) mass is 654 g/mol. The third kappa shape index (κ3) is 17.5. The molecule has 0 aliphatic heterocycles. The highest BCUT2D eigenvalue weighted by Gasteiger charge is 1.95. The summed E-state index contributed by atoms with van der Waals surface area (Å²) in [5.74, 6) is 0. The molecule has 14 heteroatoms. The summed E-state index contributed by atoms with van der Waals surface area (Å²) in [5, 5.41) is 3.31. The second-order valence-electron chi connectivity index (χ2n) is 8.94. The summed E-state index contributed by atoms with van der Waals surface area (Å²) >= 11 is 11.8. The molecule has 0 saturated heterocycles. The molecule has 4 rings (SSSR count). The smallest absolute Gasteiger partial charge is 0.261 e. The summed E-state index contributed by atoms with van der Waals surface area (Å²) in [5.41, 5.74) is 1.80. The molecule has 0 unspecified atom stereocenters. The SMILES string of the molecule is CS(=O)(=O)O.CS(=O)(=O)O.Clc1ccc(N=c2ccn(CCCCn3ccc(=Nc4ccc(Cl)cc4)cc3)cc2)cc1. The van der Waals surface area contributed by atoms with Crippen LogP contribution in [0.1, 0.15) is 12.8 Å². The van der Waals surface area contributed by atoms with E-state index in [0.29, 0.717) is 12.5 Å². The standard InChI is InChI=1S/C26H24Cl2N4.2CH4O3S/c27-21-3-7-23(8-4-21)29-25-11-17-31(18-12-25)15-1-2-16-32-19-13-26(14-20-32)30-24-9-5-22(28)6-10-24;2*1-5(2,3)4/h3-14,17-20H,1-2,15-16H2;2*1H3,(H,2,3,4). The minimum absolute atomic E-state index is 0.715. The van der Waals surface area contributed by atoms with Gasteiger partial charge in [-0.2, -0.15) is 16.8 Å². The predicted molar refractivity (Wildman–Crippen MR) is 166 cm³/mol. The van der Waals surface area contributed by atoms with Crippen LogP contribution in [0.15, 0.2) is 108 Å². The lowest BCUT2D eigenvalue weighted by atomic mass is 10.3. The molecule has 0 radical (unpaired) electrons. The number of halogens is 2. The van der Waals surface area contributed by atoms with E-state index in [4.69, 9.17) is 32.3 Å². The van der Waals surface area contributed by atoms with Gasteiger partial charge in [0.25, 0.3) is 20.2 Å². The molecule has 0 spiro atoms. The molecule has 0 aliphatic carbocycles. The largest absolute Gasteiger partial charge is 0.354 e. The van der Waals surface area contributed by atoms with E-state index in [9.17, 15) is 16.8 Å². The van der Waals surface area contributed by atoms with Crippen LogP contribution in [0.5, 0.6) is 0 Å². The molecule has 2 aromatic carbocycles. The van der Waals surface area contributed by atoms with Crippen molar-refractivity contribution in [1.82, 2.24) is 9.13 Å². The molecule has 0 atom stereocenters. The Labute approximate surface area is 255 Å². The first-order chi connectivity index (χ1) is 19.6. The lowest BCUT2D eigenvalue weighted by Crippen LogP contribution is -2.07. The van der Waals surface area contributed by atoms with Crippen molar-refractivity contribution in [3.63, 3.8) is 0 Å². The lowest BCUT2D eigenvalue weighted by molar-refractivity contribution is 0.488. The third-order valence-electron chi connectivity index (χ3n) is 5.00. The Balaban J connectivity index is 0.000000533. The van der Waals surface area contributed by atoms with Crippen LogP contribution in [0.3, 0.4) is 0 Å². The molecule has 2 heterocycles. The van der Waals surface area contributed by atoms with E-state index >= 15 is 0 Å². The van der Waals surface area contributed by atoms with Gasteiger partial charge in [-0.1, -0.05) is 23.2 Å². The predicted octanol–water partition coefficient (Wildman–Crippen LogP) is 5.55. The fraction of sp³-hybridized carbons (Fsp3) is 0.214. The van der Waals surface area contributed by atoms with Crippen molar-refractivity contribution in [2.24, 2.45) is 9.98 Å². The topological polar surface area (TPSA) is 143 Å². The number of rotatable bonds is 7. The Hall–Kier alpha value is -3.26. The van der Waals surface area contributed by atoms with Crippen molar-refractivity contribution in [1.29, 1.82) is 0 Å². The fourth-order valence-electron chi connectivity index (χ4n) is 3.26. The van der Waals surface area contributed by atoms with Crippen LogP contribution in [0.2, 0.25) is 10.0 Å². The van der Waals surface area contributed by atoms with Gasteiger partial charge in [0.15, 0.2) is 0 Å². The number of aryl methyl sites for hydroxylation is 2. The second-order valence-corrected chi connectivity index (χ2v) is 12.7. The summed E-state index contributed by atoms with van der Waals surface area (Å²) in [7, 11) is -7.33. The molecule has 0 bridgehead atoms. The number of unbranched alkanes of at least 4 members (excludes halogenated alkanes) is 1. The fourth-order valence-corrected chi connectivity index (χ4v) is 3.52. The highest BCUT2D eigenvalue weighted by molar-refractivity contribution is 7.85. The van der Waals surface area contributed by atoms with E-state index < -0.39 is 20.2 Å². The van der Waals surface area contributed by atoms with Crippen LogP contribution >= 0.6 is 23.2 Å². The summed E-state index contributed by atoms with van der Waals surface area (Å²) in [6.45, 7) is 1.96. The van der Waals surface area contributed by atoms with Crippen LogP contribution in [0, 0.1) is 0 Å². The van der Waals surface area contributed by atoms with Gasteiger partial charge in [0, 0.05) is 47.9 Å². The minimum Gasteiger partial charge on any atom is -0.354 e. The number of nitrogens with zero attached hydrogens (tertiary/aromatic N) is 4. The summed E-state index contributed by atoms with van der Waals surface area (Å²) in [4.78, 5) is 9.22. The zero-order valence-electron chi connectivity index (χ0n) is 23.0. The van der Waals surface area contributed by atoms with Crippen LogP contribution < -0.4 is 10.7 Å². The number of aromatic nitrogens is 2. The first kappa shape index (κ1) is 34.9. The Bertz CT molecular complexity index is 1580.